The highest BCUT2D eigenvalue weighted by Crippen LogP contribution is 2.09. The third kappa shape index (κ3) is 8.19. The Morgan fingerprint density at radius 1 is 1.25 bits per heavy atom. The van der Waals surface area contributed by atoms with E-state index in [0.717, 1.165) is 11.3 Å². The SMILES string of the molecule is CSCC[C@H](NC(=O)OC(C)(C)C)C(=O)NCc1ccc(F)cc1. The van der Waals surface area contributed by atoms with Gasteiger partial charge < -0.3 is 15.4 Å². The third-order valence-electron chi connectivity index (χ3n) is 3.00. The number of thioether (sulfide) groups is 1. The number of carbonyl (C=O) groups excluding carboxylic acids is 2. The minimum absolute atomic E-state index is 0.269. The summed E-state index contributed by atoms with van der Waals surface area (Å²) in [6, 6.07) is 5.21. The quantitative estimate of drug-likeness (QED) is 0.788. The molecule has 0 spiro atoms. The summed E-state index contributed by atoms with van der Waals surface area (Å²) in [5, 5.41) is 5.36. The van der Waals surface area contributed by atoms with Gasteiger partial charge in [-0.15, -0.1) is 0 Å². The Balaban J connectivity index is 2.60. The monoisotopic (exact) mass is 356 g/mol. The maximum absolute atomic E-state index is 12.9. The zero-order valence-electron chi connectivity index (χ0n) is 14.5. The first-order chi connectivity index (χ1) is 11.2. The summed E-state index contributed by atoms with van der Waals surface area (Å²) in [5.41, 5.74) is 0.157. The molecule has 0 aliphatic carbocycles. The molecular formula is C17H25FN2O3S. The van der Waals surface area contributed by atoms with E-state index in [1.807, 2.05) is 6.26 Å². The Morgan fingerprint density at radius 2 is 1.88 bits per heavy atom. The number of nitrogens with one attached hydrogen (secondary N) is 2. The van der Waals surface area contributed by atoms with Crippen LogP contribution < -0.4 is 10.6 Å². The van der Waals surface area contributed by atoms with E-state index in [2.05, 4.69) is 10.6 Å². The van der Waals surface area contributed by atoms with Crippen molar-refractivity contribution in [2.24, 2.45) is 0 Å². The van der Waals surface area contributed by atoms with Crippen LogP contribution in [0.1, 0.15) is 32.8 Å². The number of carbonyl (C=O) groups is 2. The highest BCUT2D eigenvalue weighted by Gasteiger charge is 2.23. The minimum Gasteiger partial charge on any atom is -0.444 e. The zero-order chi connectivity index (χ0) is 18.2. The molecule has 5 nitrogen and oxygen atoms in total. The molecule has 1 aromatic carbocycles. The van der Waals surface area contributed by atoms with Crippen molar-refractivity contribution in [2.45, 2.75) is 45.4 Å². The molecule has 1 rings (SSSR count). The summed E-state index contributed by atoms with van der Waals surface area (Å²) in [6.45, 7) is 5.55. The number of ether oxygens (including phenoxy) is 1. The van der Waals surface area contributed by atoms with Crippen LogP contribution in [0.2, 0.25) is 0 Å². The van der Waals surface area contributed by atoms with E-state index >= 15 is 0 Å². The fourth-order valence-corrected chi connectivity index (χ4v) is 2.34. The van der Waals surface area contributed by atoms with E-state index in [0.29, 0.717) is 6.42 Å². The number of hydrogen-bond donors (Lipinski definition) is 2. The molecule has 0 saturated carbocycles. The summed E-state index contributed by atoms with van der Waals surface area (Å²) < 4.78 is 18.1. The van der Waals surface area contributed by atoms with Crippen molar-refractivity contribution >= 4 is 23.8 Å². The normalized spacial score (nSPS) is 12.4. The second kappa shape index (κ2) is 9.52. The first-order valence-electron chi connectivity index (χ1n) is 7.72. The van der Waals surface area contributed by atoms with Gasteiger partial charge in [0.15, 0.2) is 0 Å². The van der Waals surface area contributed by atoms with Gasteiger partial charge in [0.25, 0.3) is 0 Å². The van der Waals surface area contributed by atoms with Gasteiger partial charge in [-0.25, -0.2) is 9.18 Å². The molecular weight excluding hydrogens is 331 g/mol. The molecule has 7 heteroatoms. The summed E-state index contributed by atoms with van der Waals surface area (Å²) in [6.07, 6.45) is 1.81. The van der Waals surface area contributed by atoms with E-state index < -0.39 is 17.7 Å². The third-order valence-corrected chi connectivity index (χ3v) is 3.64. The summed E-state index contributed by atoms with van der Waals surface area (Å²) in [5.74, 6) is 0.110. The Morgan fingerprint density at radius 3 is 2.42 bits per heavy atom. The second-order valence-electron chi connectivity index (χ2n) is 6.32. The number of amides is 2. The molecule has 1 atom stereocenters. The predicted octanol–water partition coefficient (Wildman–Crippen LogP) is 3.09. The highest BCUT2D eigenvalue weighted by atomic mass is 32.2. The van der Waals surface area contributed by atoms with Gasteiger partial charge in [0.1, 0.15) is 17.5 Å². The van der Waals surface area contributed by atoms with E-state index in [9.17, 15) is 14.0 Å². The largest absolute Gasteiger partial charge is 0.444 e. The average molecular weight is 356 g/mol. The van der Waals surface area contributed by atoms with Gasteiger partial charge in [-0.1, -0.05) is 12.1 Å². The van der Waals surface area contributed by atoms with Crippen LogP contribution >= 0.6 is 11.8 Å². The molecule has 0 fully saturated rings. The van der Waals surface area contributed by atoms with Crippen molar-refractivity contribution in [1.29, 1.82) is 0 Å². The molecule has 0 heterocycles. The number of benzene rings is 1. The zero-order valence-corrected chi connectivity index (χ0v) is 15.3. The van der Waals surface area contributed by atoms with Crippen molar-refractivity contribution in [3.63, 3.8) is 0 Å². The van der Waals surface area contributed by atoms with Crippen molar-refractivity contribution in [3.05, 3.63) is 35.6 Å². The smallest absolute Gasteiger partial charge is 0.408 e. The Bertz CT molecular complexity index is 544. The van der Waals surface area contributed by atoms with Crippen molar-refractivity contribution < 1.29 is 18.7 Å². The van der Waals surface area contributed by atoms with Crippen LogP contribution in [0.4, 0.5) is 9.18 Å². The number of hydrogen-bond acceptors (Lipinski definition) is 4. The number of halogens is 1. The van der Waals surface area contributed by atoms with E-state index in [4.69, 9.17) is 4.74 Å². The second-order valence-corrected chi connectivity index (χ2v) is 7.31. The van der Waals surface area contributed by atoms with Gasteiger partial charge in [-0.05, 0) is 56.9 Å². The lowest BCUT2D eigenvalue weighted by Crippen LogP contribution is -2.48. The maximum Gasteiger partial charge on any atom is 0.408 e. The standard InChI is InChI=1S/C17H25FN2O3S/c1-17(2,3)23-16(22)20-14(9-10-24-4)15(21)19-11-12-5-7-13(18)8-6-12/h5-8,14H,9-11H2,1-4H3,(H,19,21)(H,20,22)/t14-/m0/s1. The lowest BCUT2D eigenvalue weighted by molar-refractivity contribution is -0.123. The maximum atomic E-state index is 12.9. The Hall–Kier alpha value is -1.76. The average Bonchev–Trinajstić information content (AvgIpc) is 2.48. The van der Waals surface area contributed by atoms with Crippen molar-refractivity contribution in [1.82, 2.24) is 10.6 Å². The van der Waals surface area contributed by atoms with Crippen molar-refractivity contribution in [2.75, 3.05) is 12.0 Å². The van der Waals surface area contributed by atoms with E-state index in [1.54, 1.807) is 44.7 Å². The molecule has 134 valence electrons. The molecule has 0 radical (unpaired) electrons. The van der Waals surface area contributed by atoms with Crippen LogP contribution in [-0.4, -0.2) is 35.7 Å². The molecule has 2 amide bonds. The van der Waals surface area contributed by atoms with Gasteiger partial charge in [0, 0.05) is 6.54 Å². The van der Waals surface area contributed by atoms with Crippen LogP contribution in [0.25, 0.3) is 0 Å². The molecule has 24 heavy (non-hydrogen) atoms. The molecule has 0 aliphatic rings. The fourth-order valence-electron chi connectivity index (χ4n) is 1.87. The molecule has 0 bridgehead atoms. The molecule has 0 unspecified atom stereocenters. The van der Waals surface area contributed by atoms with Crippen LogP contribution in [0.15, 0.2) is 24.3 Å². The van der Waals surface area contributed by atoms with Gasteiger partial charge in [-0.3, -0.25) is 4.79 Å². The summed E-state index contributed by atoms with van der Waals surface area (Å²) in [7, 11) is 0. The number of alkyl carbamates (subject to hydrolysis) is 1. The molecule has 0 aromatic heterocycles. The van der Waals surface area contributed by atoms with Gasteiger partial charge in [0.2, 0.25) is 5.91 Å². The lowest BCUT2D eigenvalue weighted by atomic mass is 10.2. The summed E-state index contributed by atoms with van der Waals surface area (Å²) >= 11 is 1.59. The molecule has 1 aromatic rings. The lowest BCUT2D eigenvalue weighted by Gasteiger charge is -2.23. The van der Waals surface area contributed by atoms with Crippen LogP contribution in [0.5, 0.6) is 0 Å². The Labute approximate surface area is 146 Å². The minimum atomic E-state index is -0.673. The van der Waals surface area contributed by atoms with Crippen LogP contribution in [0.3, 0.4) is 0 Å². The first-order valence-corrected chi connectivity index (χ1v) is 9.11. The summed E-state index contributed by atoms with van der Waals surface area (Å²) in [4.78, 5) is 24.2. The molecule has 0 saturated heterocycles. The predicted molar refractivity (Wildman–Crippen MR) is 94.4 cm³/mol. The van der Waals surface area contributed by atoms with Gasteiger partial charge in [-0.2, -0.15) is 11.8 Å². The first kappa shape index (κ1) is 20.3. The van der Waals surface area contributed by atoms with E-state index in [1.165, 1.54) is 12.1 Å². The fraction of sp³-hybridized carbons (Fsp3) is 0.529. The van der Waals surface area contributed by atoms with E-state index in [-0.39, 0.29) is 18.3 Å². The molecule has 2 N–H and O–H groups in total. The number of rotatable bonds is 7. The highest BCUT2D eigenvalue weighted by molar-refractivity contribution is 7.98. The van der Waals surface area contributed by atoms with Gasteiger partial charge >= 0.3 is 6.09 Å². The van der Waals surface area contributed by atoms with Crippen LogP contribution in [-0.2, 0) is 16.1 Å². The van der Waals surface area contributed by atoms with Crippen LogP contribution in [0, 0.1) is 5.82 Å². The Kier molecular flexibility index (Phi) is 8.04. The molecule has 0 aliphatic heterocycles. The topological polar surface area (TPSA) is 67.4 Å². The van der Waals surface area contributed by atoms with Crippen molar-refractivity contribution in [3.8, 4) is 0 Å². The van der Waals surface area contributed by atoms with Gasteiger partial charge in [0.05, 0.1) is 0 Å².